The quantitative estimate of drug-likeness (QED) is 0.771. The second-order valence-corrected chi connectivity index (χ2v) is 5.25. The van der Waals surface area contributed by atoms with Gasteiger partial charge < -0.3 is 5.32 Å². The summed E-state index contributed by atoms with van der Waals surface area (Å²) in [5.41, 5.74) is 4.82. The Morgan fingerprint density at radius 1 is 1.05 bits per heavy atom. The first kappa shape index (κ1) is 14.1. The third kappa shape index (κ3) is 3.82. The van der Waals surface area contributed by atoms with Crippen molar-refractivity contribution in [1.29, 1.82) is 0 Å². The Bertz CT molecular complexity index is 549. The van der Waals surface area contributed by atoms with E-state index >= 15 is 0 Å². The summed E-state index contributed by atoms with van der Waals surface area (Å²) in [5, 5.41) is 4.25. The van der Waals surface area contributed by atoms with E-state index in [0.717, 1.165) is 30.1 Å². The third-order valence-corrected chi connectivity index (χ3v) is 3.60. The Kier molecular flexibility index (Phi) is 5.00. The van der Waals surface area contributed by atoms with Crippen molar-refractivity contribution in [3.63, 3.8) is 0 Å². The van der Waals surface area contributed by atoms with Gasteiger partial charge in [0.1, 0.15) is 0 Å². The van der Waals surface area contributed by atoms with Crippen molar-refractivity contribution >= 4 is 11.6 Å². The molecule has 0 radical (unpaired) electrons. The van der Waals surface area contributed by atoms with Gasteiger partial charge >= 0.3 is 0 Å². The van der Waals surface area contributed by atoms with Gasteiger partial charge in [0.2, 0.25) is 0 Å². The van der Waals surface area contributed by atoms with Crippen LogP contribution in [0.3, 0.4) is 0 Å². The van der Waals surface area contributed by atoms with Crippen LogP contribution in [0.5, 0.6) is 0 Å². The van der Waals surface area contributed by atoms with E-state index in [-0.39, 0.29) is 0 Å². The number of rotatable bonds is 5. The van der Waals surface area contributed by atoms with E-state index in [1.807, 2.05) is 13.0 Å². The van der Waals surface area contributed by atoms with Crippen LogP contribution in [0, 0.1) is 6.92 Å². The molecule has 0 aromatic heterocycles. The maximum Gasteiger partial charge on any atom is 0.0441 e. The lowest BCUT2D eigenvalue weighted by Crippen LogP contribution is -2.13. The number of hydrogen-bond donors (Lipinski definition) is 1. The van der Waals surface area contributed by atoms with Crippen molar-refractivity contribution in [3.05, 3.63) is 58.6 Å². The zero-order valence-corrected chi connectivity index (χ0v) is 12.3. The zero-order valence-electron chi connectivity index (χ0n) is 11.5. The van der Waals surface area contributed by atoms with Crippen molar-refractivity contribution < 1.29 is 0 Å². The van der Waals surface area contributed by atoms with Crippen LogP contribution in [0.25, 0.3) is 11.1 Å². The highest BCUT2D eigenvalue weighted by Gasteiger charge is 2.02. The molecule has 0 unspecified atom stereocenters. The van der Waals surface area contributed by atoms with Crippen LogP contribution in [-0.4, -0.2) is 6.54 Å². The Morgan fingerprint density at radius 2 is 1.84 bits per heavy atom. The summed E-state index contributed by atoms with van der Waals surface area (Å²) < 4.78 is 0. The monoisotopic (exact) mass is 273 g/mol. The average Bonchev–Trinajstić information content (AvgIpc) is 2.43. The van der Waals surface area contributed by atoms with Gasteiger partial charge in [-0.1, -0.05) is 48.9 Å². The van der Waals surface area contributed by atoms with Crippen LogP contribution in [0.1, 0.15) is 24.5 Å². The molecule has 0 heterocycles. The minimum atomic E-state index is 0.826. The van der Waals surface area contributed by atoms with Gasteiger partial charge in [-0.25, -0.2) is 0 Å². The lowest BCUT2D eigenvalue weighted by molar-refractivity contribution is 0.675. The van der Waals surface area contributed by atoms with E-state index in [4.69, 9.17) is 11.6 Å². The van der Waals surface area contributed by atoms with Gasteiger partial charge in [0, 0.05) is 11.6 Å². The summed E-state index contributed by atoms with van der Waals surface area (Å²) >= 11 is 6.19. The molecule has 1 nitrogen and oxygen atoms in total. The fraction of sp³-hybridized carbons (Fsp3) is 0.294. The van der Waals surface area contributed by atoms with Gasteiger partial charge in [-0.05, 0) is 54.3 Å². The third-order valence-electron chi connectivity index (χ3n) is 3.19. The van der Waals surface area contributed by atoms with Crippen LogP contribution in [0.2, 0.25) is 5.02 Å². The normalized spacial score (nSPS) is 10.7. The molecule has 0 aliphatic heterocycles. The van der Waals surface area contributed by atoms with E-state index in [9.17, 15) is 0 Å². The molecule has 0 saturated heterocycles. The Morgan fingerprint density at radius 3 is 2.58 bits per heavy atom. The molecule has 0 fully saturated rings. The number of hydrogen-bond acceptors (Lipinski definition) is 1. The number of nitrogens with one attached hydrogen (secondary N) is 1. The van der Waals surface area contributed by atoms with Gasteiger partial charge in [-0.15, -0.1) is 0 Å². The lowest BCUT2D eigenvalue weighted by Gasteiger charge is -2.08. The number of benzene rings is 2. The average molecular weight is 274 g/mol. The second kappa shape index (κ2) is 6.74. The maximum absolute atomic E-state index is 6.19. The second-order valence-electron chi connectivity index (χ2n) is 4.84. The fourth-order valence-electron chi connectivity index (χ4n) is 2.04. The highest BCUT2D eigenvalue weighted by Crippen LogP contribution is 2.25. The predicted molar refractivity (Wildman–Crippen MR) is 83.6 cm³/mol. The lowest BCUT2D eigenvalue weighted by atomic mass is 10.0. The predicted octanol–water partition coefficient (Wildman–Crippen LogP) is 4.82. The van der Waals surface area contributed by atoms with E-state index in [0.29, 0.717) is 0 Å². The Hall–Kier alpha value is -1.31. The van der Waals surface area contributed by atoms with Gasteiger partial charge in [-0.2, -0.15) is 0 Å². The van der Waals surface area contributed by atoms with Crippen molar-refractivity contribution in [2.45, 2.75) is 26.8 Å². The summed E-state index contributed by atoms with van der Waals surface area (Å²) in [6, 6.07) is 14.8. The van der Waals surface area contributed by atoms with Crippen molar-refractivity contribution in [3.8, 4) is 11.1 Å². The molecule has 0 saturated carbocycles. The first-order chi connectivity index (χ1) is 9.20. The van der Waals surface area contributed by atoms with Gasteiger partial charge in [0.15, 0.2) is 0 Å². The van der Waals surface area contributed by atoms with Crippen LogP contribution in [0.15, 0.2) is 42.5 Å². The fourth-order valence-corrected chi connectivity index (χ4v) is 2.22. The molecule has 0 atom stereocenters. The molecular formula is C17H20ClN. The van der Waals surface area contributed by atoms with E-state index in [1.54, 1.807) is 0 Å². The van der Waals surface area contributed by atoms with Crippen molar-refractivity contribution in [2.24, 2.45) is 0 Å². The van der Waals surface area contributed by atoms with Crippen LogP contribution >= 0.6 is 11.6 Å². The number of aryl methyl sites for hydroxylation is 1. The smallest absolute Gasteiger partial charge is 0.0441 e. The van der Waals surface area contributed by atoms with Crippen LogP contribution in [0.4, 0.5) is 0 Å². The van der Waals surface area contributed by atoms with E-state index < -0.39 is 0 Å². The molecule has 1 N–H and O–H groups in total. The highest BCUT2D eigenvalue weighted by atomic mass is 35.5. The Balaban J connectivity index is 2.19. The zero-order chi connectivity index (χ0) is 13.7. The minimum Gasteiger partial charge on any atom is -0.313 e. The summed E-state index contributed by atoms with van der Waals surface area (Å²) in [7, 11) is 0. The van der Waals surface area contributed by atoms with Gasteiger partial charge in [-0.3, -0.25) is 0 Å². The van der Waals surface area contributed by atoms with E-state index in [1.165, 1.54) is 16.7 Å². The first-order valence-electron chi connectivity index (χ1n) is 6.77. The molecule has 2 aromatic rings. The standard InChI is InChI=1S/C17H20ClN/c1-3-9-19-12-14-5-4-6-15(10-14)16-8-7-13(2)17(18)11-16/h4-8,10-11,19H,3,9,12H2,1-2H3. The molecule has 0 aliphatic rings. The molecule has 19 heavy (non-hydrogen) atoms. The molecule has 2 heteroatoms. The van der Waals surface area contributed by atoms with Gasteiger partial charge in [0.05, 0.1) is 0 Å². The molecule has 100 valence electrons. The Labute approximate surface area is 120 Å². The van der Waals surface area contributed by atoms with Gasteiger partial charge in [0.25, 0.3) is 0 Å². The van der Waals surface area contributed by atoms with Crippen molar-refractivity contribution in [2.75, 3.05) is 6.54 Å². The molecule has 0 aliphatic carbocycles. The van der Waals surface area contributed by atoms with Crippen LogP contribution < -0.4 is 5.32 Å². The largest absolute Gasteiger partial charge is 0.313 e. The SMILES string of the molecule is CCCNCc1cccc(-c2ccc(C)c(Cl)c2)c1. The minimum absolute atomic E-state index is 0.826. The molecule has 0 spiro atoms. The highest BCUT2D eigenvalue weighted by molar-refractivity contribution is 6.31. The first-order valence-corrected chi connectivity index (χ1v) is 7.14. The summed E-state index contributed by atoms with van der Waals surface area (Å²) in [6.45, 7) is 6.18. The summed E-state index contributed by atoms with van der Waals surface area (Å²) in [5.74, 6) is 0. The van der Waals surface area contributed by atoms with Crippen molar-refractivity contribution in [1.82, 2.24) is 5.32 Å². The number of halogens is 1. The maximum atomic E-state index is 6.19. The van der Waals surface area contributed by atoms with Crippen LogP contribution in [-0.2, 0) is 6.54 Å². The summed E-state index contributed by atoms with van der Waals surface area (Å²) in [4.78, 5) is 0. The molecular weight excluding hydrogens is 254 g/mol. The summed E-state index contributed by atoms with van der Waals surface area (Å²) in [6.07, 6.45) is 1.16. The molecule has 2 aromatic carbocycles. The molecule has 2 rings (SSSR count). The molecule has 0 bridgehead atoms. The van der Waals surface area contributed by atoms with E-state index in [2.05, 4.69) is 48.6 Å². The topological polar surface area (TPSA) is 12.0 Å². The molecule has 0 amide bonds.